The van der Waals surface area contributed by atoms with Gasteiger partial charge in [-0.1, -0.05) is 118 Å². The van der Waals surface area contributed by atoms with E-state index in [0.717, 1.165) is 28.6 Å². The number of nitrogens with zero attached hydrogens (tertiary/aromatic N) is 1. The Morgan fingerprint density at radius 1 is 0.488 bits per heavy atom. The molecule has 2 nitrogen and oxygen atoms in total. The zero-order valence-electron chi connectivity index (χ0n) is 24.6. The first-order chi connectivity index (χ1) is 21.0. The fourth-order valence-corrected chi connectivity index (χ4v) is 7.72. The van der Waals surface area contributed by atoms with Crippen LogP contribution in [-0.4, -0.2) is 0 Å². The number of para-hydroxylation sites is 4. The highest BCUT2D eigenvalue weighted by molar-refractivity contribution is 5.97. The molecular formula is C41H31NO. The van der Waals surface area contributed by atoms with Crippen molar-refractivity contribution < 1.29 is 4.74 Å². The van der Waals surface area contributed by atoms with E-state index in [4.69, 9.17) is 4.74 Å². The molecule has 1 aliphatic heterocycles. The minimum absolute atomic E-state index is 0.0367. The summed E-state index contributed by atoms with van der Waals surface area (Å²) in [6.07, 6.45) is 0. The van der Waals surface area contributed by atoms with Crippen LogP contribution in [-0.2, 0) is 10.8 Å². The largest absolute Gasteiger partial charge is 0.453 e. The molecule has 0 unspecified atom stereocenters. The van der Waals surface area contributed by atoms with Gasteiger partial charge in [-0.15, -0.1) is 0 Å². The lowest BCUT2D eigenvalue weighted by Gasteiger charge is -2.35. The molecule has 6 aromatic rings. The molecule has 2 heteroatoms. The molecule has 0 saturated carbocycles. The second-order valence-corrected chi connectivity index (χ2v) is 13.0. The molecule has 9 rings (SSSR count). The van der Waals surface area contributed by atoms with Crippen LogP contribution in [0, 0.1) is 0 Å². The van der Waals surface area contributed by atoms with E-state index in [1.807, 2.05) is 12.1 Å². The zero-order chi connectivity index (χ0) is 28.9. The van der Waals surface area contributed by atoms with Crippen molar-refractivity contribution in [3.63, 3.8) is 0 Å². The summed E-state index contributed by atoms with van der Waals surface area (Å²) in [5.74, 6) is 1.73. The highest BCUT2D eigenvalue weighted by Crippen LogP contribution is 2.64. The number of ether oxygens (including phenoxy) is 1. The van der Waals surface area contributed by atoms with Crippen LogP contribution in [0.1, 0.15) is 48.6 Å². The number of rotatable bonds is 1. The molecule has 0 saturated heterocycles. The van der Waals surface area contributed by atoms with Crippen LogP contribution in [0.15, 0.2) is 133 Å². The molecule has 0 bridgehead atoms. The molecule has 0 fully saturated rings. The van der Waals surface area contributed by atoms with Crippen molar-refractivity contribution in [1.82, 2.24) is 0 Å². The Balaban J connectivity index is 1.38. The predicted molar refractivity (Wildman–Crippen MR) is 176 cm³/mol. The summed E-state index contributed by atoms with van der Waals surface area (Å²) < 4.78 is 6.36. The van der Waals surface area contributed by atoms with E-state index < -0.39 is 5.41 Å². The van der Waals surface area contributed by atoms with Crippen molar-refractivity contribution >= 4 is 17.1 Å². The maximum Gasteiger partial charge on any atom is 0.151 e. The number of hydrogen-bond acceptors (Lipinski definition) is 2. The van der Waals surface area contributed by atoms with Crippen LogP contribution in [0.3, 0.4) is 0 Å². The minimum atomic E-state index is -0.402. The Labute approximate surface area is 252 Å². The second kappa shape index (κ2) is 8.49. The Hall–Kier alpha value is -5.08. The number of fused-ring (bicyclic) bond motifs is 12. The smallest absolute Gasteiger partial charge is 0.151 e. The first-order valence-corrected chi connectivity index (χ1v) is 15.1. The van der Waals surface area contributed by atoms with Crippen LogP contribution in [0.2, 0.25) is 0 Å². The summed E-state index contributed by atoms with van der Waals surface area (Å²) in [5, 5.41) is 0. The van der Waals surface area contributed by atoms with Crippen molar-refractivity contribution in [1.29, 1.82) is 0 Å². The van der Waals surface area contributed by atoms with Crippen molar-refractivity contribution in [2.45, 2.75) is 31.6 Å². The Kier molecular flexibility index (Phi) is 4.84. The average Bonchev–Trinajstić information content (AvgIpc) is 3.50. The molecule has 2 aliphatic carbocycles. The van der Waals surface area contributed by atoms with Gasteiger partial charge in [0, 0.05) is 5.69 Å². The van der Waals surface area contributed by atoms with Gasteiger partial charge in [-0.25, -0.2) is 0 Å². The maximum absolute atomic E-state index is 6.36. The third-order valence-corrected chi connectivity index (χ3v) is 9.63. The first kappa shape index (κ1) is 24.5. The lowest BCUT2D eigenvalue weighted by atomic mass is 9.69. The van der Waals surface area contributed by atoms with Crippen molar-refractivity contribution in [2.24, 2.45) is 0 Å². The van der Waals surface area contributed by atoms with Gasteiger partial charge in [0.15, 0.2) is 11.5 Å². The lowest BCUT2D eigenvalue weighted by Crippen LogP contribution is -2.27. The number of benzene rings is 6. The Bertz CT molecular complexity index is 2020. The summed E-state index contributed by atoms with van der Waals surface area (Å²) >= 11 is 0. The number of hydrogen-bond donors (Lipinski definition) is 0. The van der Waals surface area contributed by atoms with Gasteiger partial charge in [-0.3, -0.25) is 0 Å². The summed E-state index contributed by atoms with van der Waals surface area (Å²) in [5.41, 5.74) is 14.9. The van der Waals surface area contributed by atoms with Crippen LogP contribution in [0.25, 0.3) is 22.3 Å². The van der Waals surface area contributed by atoms with E-state index in [1.54, 1.807) is 0 Å². The molecule has 1 spiro atoms. The van der Waals surface area contributed by atoms with E-state index in [0.29, 0.717) is 0 Å². The van der Waals surface area contributed by atoms with Crippen molar-refractivity contribution in [3.8, 4) is 33.8 Å². The highest BCUT2D eigenvalue weighted by Gasteiger charge is 2.52. The first-order valence-electron chi connectivity index (χ1n) is 15.1. The van der Waals surface area contributed by atoms with Crippen LogP contribution < -0.4 is 9.64 Å². The molecule has 1 heterocycles. The monoisotopic (exact) mass is 553 g/mol. The molecule has 0 aromatic heterocycles. The van der Waals surface area contributed by atoms with Crippen molar-refractivity contribution in [3.05, 3.63) is 161 Å². The summed E-state index contributed by atoms with van der Waals surface area (Å²) in [4.78, 5) is 2.36. The zero-order valence-corrected chi connectivity index (χ0v) is 24.6. The molecule has 206 valence electrons. The van der Waals surface area contributed by atoms with Crippen molar-refractivity contribution in [2.75, 3.05) is 4.90 Å². The topological polar surface area (TPSA) is 12.5 Å². The van der Waals surface area contributed by atoms with E-state index in [1.165, 1.54) is 50.1 Å². The van der Waals surface area contributed by atoms with Crippen LogP contribution in [0.5, 0.6) is 11.5 Å². The van der Waals surface area contributed by atoms with E-state index in [2.05, 4.69) is 147 Å². The van der Waals surface area contributed by atoms with Gasteiger partial charge in [-0.05, 0) is 91.9 Å². The summed E-state index contributed by atoms with van der Waals surface area (Å²) in [6.45, 7) is 6.93. The highest BCUT2D eigenvalue weighted by atomic mass is 16.5. The maximum atomic E-state index is 6.36. The molecular weight excluding hydrogens is 522 g/mol. The van der Waals surface area contributed by atoms with Gasteiger partial charge in [0.2, 0.25) is 0 Å². The molecule has 0 amide bonds. The molecule has 3 aliphatic rings. The quantitative estimate of drug-likeness (QED) is 0.200. The van der Waals surface area contributed by atoms with E-state index in [9.17, 15) is 0 Å². The average molecular weight is 554 g/mol. The van der Waals surface area contributed by atoms with E-state index >= 15 is 0 Å². The van der Waals surface area contributed by atoms with Crippen LogP contribution >= 0.6 is 0 Å². The second-order valence-electron chi connectivity index (χ2n) is 13.0. The lowest BCUT2D eigenvalue weighted by molar-refractivity contribution is 0.477. The Morgan fingerprint density at radius 2 is 0.977 bits per heavy atom. The standard InChI is InChI=1S/C41H31NO/c1-40(2,3)26-20-22-30-31-23-21-27(42-36-16-8-10-18-38(36)43-39-19-11-9-17-37(39)42)25-35(31)41(34(30)24-26)32-14-6-4-12-28(32)29-13-5-7-15-33(29)41/h4-25H,1-3H3. The van der Waals surface area contributed by atoms with Gasteiger partial charge in [0.05, 0.1) is 16.8 Å². The summed E-state index contributed by atoms with van der Waals surface area (Å²) in [7, 11) is 0. The predicted octanol–water partition coefficient (Wildman–Crippen LogP) is 10.9. The fourth-order valence-electron chi connectivity index (χ4n) is 7.72. The van der Waals surface area contributed by atoms with Gasteiger partial charge < -0.3 is 9.64 Å². The van der Waals surface area contributed by atoms with Gasteiger partial charge in [-0.2, -0.15) is 0 Å². The van der Waals surface area contributed by atoms with Crippen LogP contribution in [0.4, 0.5) is 17.1 Å². The third kappa shape index (κ3) is 3.18. The third-order valence-electron chi connectivity index (χ3n) is 9.63. The normalized spacial score (nSPS) is 14.7. The fraction of sp³-hybridized carbons (Fsp3) is 0.122. The SMILES string of the molecule is CC(C)(C)c1ccc2c(c1)C1(c3ccccc3-c3ccccc31)c1cc(N3c4ccccc4Oc4ccccc43)ccc1-2. The molecule has 0 N–H and O–H groups in total. The van der Waals surface area contributed by atoms with Gasteiger partial charge >= 0.3 is 0 Å². The summed E-state index contributed by atoms with van der Waals surface area (Å²) in [6, 6.07) is 49.0. The molecule has 43 heavy (non-hydrogen) atoms. The molecule has 0 atom stereocenters. The van der Waals surface area contributed by atoms with Gasteiger partial charge in [0.1, 0.15) is 0 Å². The van der Waals surface area contributed by atoms with E-state index in [-0.39, 0.29) is 5.41 Å². The minimum Gasteiger partial charge on any atom is -0.453 e. The Morgan fingerprint density at radius 3 is 1.58 bits per heavy atom. The molecule has 6 aromatic carbocycles. The molecule has 0 radical (unpaired) electrons. The number of anilines is 3. The van der Waals surface area contributed by atoms with Gasteiger partial charge in [0.25, 0.3) is 0 Å².